The summed E-state index contributed by atoms with van der Waals surface area (Å²) in [4.78, 5) is 33.5. The van der Waals surface area contributed by atoms with Crippen LogP contribution in [0.2, 0.25) is 0 Å². The van der Waals surface area contributed by atoms with Crippen LogP contribution < -0.4 is 21.1 Å². The first-order valence-corrected chi connectivity index (χ1v) is 17.5. The average Bonchev–Trinajstić information content (AvgIpc) is 3.61. The summed E-state index contributed by atoms with van der Waals surface area (Å²) in [6, 6.07) is 2.65. The van der Waals surface area contributed by atoms with Crippen molar-refractivity contribution in [1.82, 2.24) is 25.2 Å². The van der Waals surface area contributed by atoms with Crippen molar-refractivity contribution in [1.29, 1.82) is 5.41 Å². The van der Waals surface area contributed by atoms with Gasteiger partial charge in [0.2, 0.25) is 21.8 Å². The predicted octanol–water partition coefficient (Wildman–Crippen LogP) is 1.83. The molecule has 43 heavy (non-hydrogen) atoms. The van der Waals surface area contributed by atoms with Crippen LogP contribution in [0.4, 0.5) is 4.39 Å². The predicted molar refractivity (Wildman–Crippen MR) is 164 cm³/mol. The maximum absolute atomic E-state index is 14.4. The molecule has 0 aliphatic carbocycles. The fourth-order valence-corrected chi connectivity index (χ4v) is 7.11. The number of benzene rings is 1. The summed E-state index contributed by atoms with van der Waals surface area (Å²) in [5.74, 6) is -1.20. The summed E-state index contributed by atoms with van der Waals surface area (Å²) < 4.78 is 48.0. The molecule has 0 bridgehead atoms. The smallest absolute Gasteiger partial charge is 0.243 e. The molecule has 1 aromatic carbocycles. The van der Waals surface area contributed by atoms with E-state index in [1.807, 2.05) is 0 Å². The second-order valence-electron chi connectivity index (χ2n) is 10.9. The number of nitrogen functional groups attached to an aromatic ring is 1. The van der Waals surface area contributed by atoms with E-state index in [2.05, 4.69) is 36.3 Å². The summed E-state index contributed by atoms with van der Waals surface area (Å²) in [5, 5.41) is 14.0. The molecule has 2 aliphatic rings. The van der Waals surface area contributed by atoms with Gasteiger partial charge < -0.3 is 26.0 Å². The number of nitrogens with one attached hydrogen (secondary N) is 4. The number of rotatable bonds is 13. The number of amidine groups is 1. The van der Waals surface area contributed by atoms with Gasteiger partial charge in [-0.25, -0.2) is 22.5 Å². The number of aromatic nitrogens is 1. The van der Waals surface area contributed by atoms with E-state index in [4.69, 9.17) is 15.9 Å². The topological polar surface area (TPSA) is 180 Å². The third-order valence-corrected chi connectivity index (χ3v) is 9.77. The maximum Gasteiger partial charge on any atom is 0.243 e. The van der Waals surface area contributed by atoms with Gasteiger partial charge in [-0.15, -0.1) is 11.3 Å². The van der Waals surface area contributed by atoms with Gasteiger partial charge in [-0.05, 0) is 56.8 Å². The number of carbonyl (C=O) groups excluding carboxylic acids is 2. The number of amides is 2. The standard InChI is InChI=1S/C27H37BrFN7O5S2/c1-43(39,40)35-22(5-2-16-6-8-32-9-7-16)27(38)36-14-19(41-15-17-3-4-18(28)10-21(17)29)11-23(36)25(37)33-12-20-13-34-26(42-20)24(30)31/h3-4,10,13,16,19,22-23,32,35H,2,5-9,11-12,14-15H2,1H3,(H3,30,31)(H,33,37)/t19-,22-,23+/m1/s1. The molecule has 0 saturated carbocycles. The van der Waals surface area contributed by atoms with Crippen molar-refractivity contribution >= 4 is 54.9 Å². The highest BCUT2D eigenvalue weighted by molar-refractivity contribution is 9.10. The van der Waals surface area contributed by atoms with Crippen molar-refractivity contribution in [3.05, 3.63) is 50.1 Å². The highest BCUT2D eigenvalue weighted by atomic mass is 79.9. The van der Waals surface area contributed by atoms with Gasteiger partial charge in [0.05, 0.1) is 25.5 Å². The van der Waals surface area contributed by atoms with E-state index in [-0.39, 0.29) is 32.0 Å². The third kappa shape index (κ3) is 9.74. The molecule has 4 rings (SSSR count). The first kappa shape index (κ1) is 33.4. The zero-order chi connectivity index (χ0) is 31.1. The number of nitrogens with two attached hydrogens (primary N) is 1. The molecule has 0 spiro atoms. The molecule has 12 nitrogen and oxygen atoms in total. The van der Waals surface area contributed by atoms with E-state index < -0.39 is 45.8 Å². The minimum absolute atomic E-state index is 0.0411. The highest BCUT2D eigenvalue weighted by Crippen LogP contribution is 2.26. The van der Waals surface area contributed by atoms with Gasteiger partial charge in [-0.2, -0.15) is 0 Å². The number of sulfonamides is 1. The third-order valence-electron chi connectivity index (χ3n) is 7.54. The number of carbonyl (C=O) groups is 2. The molecule has 3 atom stereocenters. The average molecular weight is 703 g/mol. The van der Waals surface area contributed by atoms with E-state index in [0.717, 1.165) is 32.2 Å². The van der Waals surface area contributed by atoms with Crippen LogP contribution in [0.15, 0.2) is 28.9 Å². The molecule has 2 aromatic rings. The monoisotopic (exact) mass is 701 g/mol. The Morgan fingerprint density at radius 1 is 1.35 bits per heavy atom. The number of thiazole rings is 1. The Balaban J connectivity index is 1.49. The number of ether oxygens (including phenoxy) is 1. The van der Waals surface area contributed by atoms with Crippen molar-refractivity contribution in [2.45, 2.75) is 63.4 Å². The van der Waals surface area contributed by atoms with Crippen LogP contribution in [-0.2, 0) is 37.5 Å². The maximum atomic E-state index is 14.4. The molecule has 0 radical (unpaired) electrons. The summed E-state index contributed by atoms with van der Waals surface area (Å²) in [7, 11) is -3.73. The van der Waals surface area contributed by atoms with Gasteiger partial charge in [0.15, 0.2) is 10.8 Å². The van der Waals surface area contributed by atoms with Gasteiger partial charge in [0.25, 0.3) is 0 Å². The molecule has 0 unspecified atom stereocenters. The quantitative estimate of drug-likeness (QED) is 0.155. The SMILES string of the molecule is CS(=O)(=O)N[C@H](CCC1CCNCC1)C(=O)N1C[C@H](OCc2ccc(Br)cc2F)C[C@H]1C(=O)NCc1cnc(C(=N)N)s1. The fraction of sp³-hybridized carbons (Fsp3) is 0.556. The molecule has 236 valence electrons. The summed E-state index contributed by atoms with van der Waals surface area (Å²) in [5.41, 5.74) is 5.82. The van der Waals surface area contributed by atoms with Crippen molar-refractivity contribution < 1.29 is 27.1 Å². The van der Waals surface area contributed by atoms with Gasteiger partial charge in [-0.3, -0.25) is 15.0 Å². The Kier molecular flexibility index (Phi) is 11.6. The highest BCUT2D eigenvalue weighted by Gasteiger charge is 2.42. The zero-order valence-corrected chi connectivity index (χ0v) is 27.0. The molecular weight excluding hydrogens is 665 g/mol. The largest absolute Gasteiger partial charge is 0.382 e. The molecule has 6 N–H and O–H groups in total. The van der Waals surface area contributed by atoms with Gasteiger partial charge in [-0.1, -0.05) is 22.0 Å². The Morgan fingerprint density at radius 2 is 2.09 bits per heavy atom. The van der Waals surface area contributed by atoms with E-state index in [9.17, 15) is 22.4 Å². The second-order valence-corrected chi connectivity index (χ2v) is 14.7. The van der Waals surface area contributed by atoms with E-state index in [0.29, 0.717) is 38.7 Å². The zero-order valence-electron chi connectivity index (χ0n) is 23.8. The Bertz CT molecular complexity index is 1420. The molecule has 2 fully saturated rings. The van der Waals surface area contributed by atoms with E-state index in [1.54, 1.807) is 12.1 Å². The lowest BCUT2D eigenvalue weighted by Crippen LogP contribution is -2.53. The molecule has 2 aliphatic heterocycles. The minimum atomic E-state index is -3.73. The van der Waals surface area contributed by atoms with Crippen molar-refractivity contribution in [3.63, 3.8) is 0 Å². The Morgan fingerprint density at radius 3 is 2.74 bits per heavy atom. The van der Waals surface area contributed by atoms with Crippen LogP contribution >= 0.6 is 27.3 Å². The summed E-state index contributed by atoms with van der Waals surface area (Å²) in [6.45, 7) is 1.85. The van der Waals surface area contributed by atoms with Crippen molar-refractivity contribution in [3.8, 4) is 0 Å². The first-order valence-electron chi connectivity index (χ1n) is 14.0. The normalized spacial score (nSPS) is 20.2. The number of nitrogens with zero attached hydrogens (tertiary/aromatic N) is 2. The lowest BCUT2D eigenvalue weighted by atomic mass is 9.91. The van der Waals surface area contributed by atoms with Crippen molar-refractivity contribution in [2.24, 2.45) is 11.7 Å². The fourth-order valence-electron chi connectivity index (χ4n) is 5.33. The van der Waals surface area contributed by atoms with E-state index in [1.165, 1.54) is 28.5 Å². The number of likely N-dealkylation sites (tertiary alicyclic amines) is 1. The van der Waals surface area contributed by atoms with Crippen LogP contribution in [0.5, 0.6) is 0 Å². The van der Waals surface area contributed by atoms with Gasteiger partial charge in [0.1, 0.15) is 17.9 Å². The van der Waals surface area contributed by atoms with Gasteiger partial charge in [0, 0.05) is 34.1 Å². The Hall–Kier alpha value is -2.50. The minimum Gasteiger partial charge on any atom is -0.382 e. The van der Waals surface area contributed by atoms with Crippen LogP contribution in [0.25, 0.3) is 0 Å². The number of hydrogen-bond donors (Lipinski definition) is 5. The molecule has 2 saturated heterocycles. The van der Waals surface area contributed by atoms with Crippen LogP contribution in [0.1, 0.15) is 47.6 Å². The van der Waals surface area contributed by atoms with Crippen LogP contribution in [0.3, 0.4) is 0 Å². The number of hydrogen-bond acceptors (Lipinski definition) is 9. The number of piperidine rings is 1. The molecule has 2 amide bonds. The molecule has 3 heterocycles. The lowest BCUT2D eigenvalue weighted by molar-refractivity contribution is -0.140. The van der Waals surface area contributed by atoms with Crippen LogP contribution in [-0.4, -0.2) is 80.0 Å². The van der Waals surface area contributed by atoms with E-state index >= 15 is 0 Å². The van der Waals surface area contributed by atoms with Crippen molar-refractivity contribution in [2.75, 3.05) is 25.9 Å². The molecular formula is C27H37BrFN7O5S2. The first-order chi connectivity index (χ1) is 20.4. The van der Waals surface area contributed by atoms with Crippen LogP contribution in [0, 0.1) is 17.1 Å². The summed E-state index contributed by atoms with van der Waals surface area (Å²) >= 11 is 4.40. The molecule has 1 aromatic heterocycles. The summed E-state index contributed by atoms with van der Waals surface area (Å²) in [6.07, 6.45) is 4.94. The molecule has 16 heteroatoms. The number of halogens is 2. The second kappa shape index (κ2) is 15.0. The Labute approximate surface area is 263 Å². The van der Waals surface area contributed by atoms with Gasteiger partial charge >= 0.3 is 0 Å². The lowest BCUT2D eigenvalue weighted by Gasteiger charge is -2.29.